The summed E-state index contributed by atoms with van der Waals surface area (Å²) in [5.74, 6) is 0.625. The zero-order valence-corrected chi connectivity index (χ0v) is 23.7. The number of nitro groups is 1. The second-order valence-electron chi connectivity index (χ2n) is 9.16. The predicted octanol–water partition coefficient (Wildman–Crippen LogP) is 7.36. The third-order valence-corrected chi connectivity index (χ3v) is 7.38. The lowest BCUT2D eigenvalue weighted by atomic mass is 10.1. The summed E-state index contributed by atoms with van der Waals surface area (Å²) in [6.45, 7) is 2.55. The van der Waals surface area contributed by atoms with Crippen molar-refractivity contribution in [2.45, 2.75) is 11.8 Å². The largest absolute Gasteiger partial charge is 0.494 e. The summed E-state index contributed by atoms with van der Waals surface area (Å²) in [5, 5.41) is 15.2. The number of nitro benzene ring substituents is 1. The summed E-state index contributed by atoms with van der Waals surface area (Å²) < 4.78 is 7.86. The summed E-state index contributed by atoms with van der Waals surface area (Å²) in [6, 6.07) is 36.3. The number of ether oxygens (including phenoxy) is 1. The van der Waals surface area contributed by atoms with Gasteiger partial charge in [0.25, 0.3) is 5.69 Å². The van der Waals surface area contributed by atoms with Crippen LogP contribution >= 0.6 is 11.8 Å². The van der Waals surface area contributed by atoms with Gasteiger partial charge in [0.15, 0.2) is 0 Å². The standard InChI is InChI=1S/C33H28N4O4S/c1-2-41-29-17-13-27(14-18-29)36-31(24-9-5-3-6-10-24)21-26(33(36)25-11-7-4-8-12-25)22-34-35-32(38)23-42-30-19-15-28(16-20-30)37(39)40/h3-22H,2,23H2,1H3,(H,35,38)/b34-22-. The van der Waals surface area contributed by atoms with Crippen LogP contribution in [-0.4, -0.2) is 34.0 Å². The van der Waals surface area contributed by atoms with Crippen molar-refractivity contribution < 1.29 is 14.5 Å². The van der Waals surface area contributed by atoms with Crippen molar-refractivity contribution in [1.29, 1.82) is 0 Å². The van der Waals surface area contributed by atoms with Gasteiger partial charge in [-0.25, -0.2) is 5.43 Å². The zero-order valence-electron chi connectivity index (χ0n) is 22.8. The molecule has 0 radical (unpaired) electrons. The molecule has 0 spiro atoms. The molecule has 5 rings (SSSR count). The molecule has 0 fully saturated rings. The molecule has 210 valence electrons. The Balaban J connectivity index is 1.46. The number of non-ortho nitro benzene ring substituents is 1. The van der Waals surface area contributed by atoms with Gasteiger partial charge in [0, 0.05) is 28.3 Å². The summed E-state index contributed by atoms with van der Waals surface area (Å²) in [4.78, 5) is 23.7. The molecule has 42 heavy (non-hydrogen) atoms. The molecule has 0 unspecified atom stereocenters. The second kappa shape index (κ2) is 13.5. The van der Waals surface area contributed by atoms with E-state index in [1.807, 2.05) is 79.7 Å². The van der Waals surface area contributed by atoms with Gasteiger partial charge in [-0.1, -0.05) is 60.7 Å². The first-order valence-electron chi connectivity index (χ1n) is 13.3. The fourth-order valence-electron chi connectivity index (χ4n) is 4.49. The molecule has 1 heterocycles. The SMILES string of the molecule is CCOc1ccc(-n2c(-c3ccccc3)cc(/C=N\NC(=O)CSc3ccc([N+](=O)[O-])cc3)c2-c2ccccc2)cc1. The Morgan fingerprint density at radius 1 is 0.929 bits per heavy atom. The van der Waals surface area contributed by atoms with E-state index in [1.165, 1.54) is 23.9 Å². The van der Waals surface area contributed by atoms with Crippen LogP contribution in [0.15, 0.2) is 125 Å². The Morgan fingerprint density at radius 3 is 2.19 bits per heavy atom. The van der Waals surface area contributed by atoms with Crippen molar-refractivity contribution >= 4 is 29.6 Å². The summed E-state index contributed by atoms with van der Waals surface area (Å²) in [6.07, 6.45) is 1.66. The molecule has 0 saturated carbocycles. The fourth-order valence-corrected chi connectivity index (χ4v) is 5.18. The van der Waals surface area contributed by atoms with Crippen LogP contribution in [0.3, 0.4) is 0 Å². The van der Waals surface area contributed by atoms with Gasteiger partial charge in [0.2, 0.25) is 5.91 Å². The zero-order chi connectivity index (χ0) is 29.3. The Bertz CT molecular complexity index is 1680. The van der Waals surface area contributed by atoms with Gasteiger partial charge in [0.05, 0.1) is 34.9 Å². The van der Waals surface area contributed by atoms with Crippen LogP contribution < -0.4 is 10.2 Å². The van der Waals surface area contributed by atoms with E-state index in [2.05, 4.69) is 33.3 Å². The van der Waals surface area contributed by atoms with Crippen molar-refractivity contribution in [3.8, 4) is 34.0 Å². The number of aromatic nitrogens is 1. The van der Waals surface area contributed by atoms with E-state index in [4.69, 9.17) is 4.74 Å². The molecule has 9 heteroatoms. The predicted molar refractivity (Wildman–Crippen MR) is 167 cm³/mol. The summed E-state index contributed by atoms with van der Waals surface area (Å²) in [5.41, 5.74) is 8.34. The number of amides is 1. The van der Waals surface area contributed by atoms with Crippen LogP contribution in [-0.2, 0) is 4.79 Å². The van der Waals surface area contributed by atoms with Crippen LogP contribution in [0.5, 0.6) is 5.75 Å². The van der Waals surface area contributed by atoms with Crippen molar-refractivity contribution in [1.82, 2.24) is 9.99 Å². The van der Waals surface area contributed by atoms with Crippen LogP contribution in [0.25, 0.3) is 28.2 Å². The minimum Gasteiger partial charge on any atom is -0.494 e. The molecule has 1 amide bonds. The molecule has 0 atom stereocenters. The topological polar surface area (TPSA) is 98.8 Å². The number of carbonyl (C=O) groups excluding carboxylic acids is 1. The lowest BCUT2D eigenvalue weighted by molar-refractivity contribution is -0.384. The number of hydrogen-bond acceptors (Lipinski definition) is 6. The highest BCUT2D eigenvalue weighted by atomic mass is 32.2. The maximum Gasteiger partial charge on any atom is 0.269 e. The van der Waals surface area contributed by atoms with Gasteiger partial charge in [-0.15, -0.1) is 11.8 Å². The van der Waals surface area contributed by atoms with Crippen LogP contribution in [0.2, 0.25) is 0 Å². The molecule has 5 aromatic rings. The molecule has 1 aromatic heterocycles. The van der Waals surface area contributed by atoms with Gasteiger partial charge in [-0.05, 0) is 60.5 Å². The number of carbonyl (C=O) groups is 1. The Morgan fingerprint density at radius 2 is 1.57 bits per heavy atom. The molecule has 0 bridgehead atoms. The smallest absolute Gasteiger partial charge is 0.269 e. The van der Waals surface area contributed by atoms with Crippen molar-refractivity contribution in [3.63, 3.8) is 0 Å². The molecule has 0 aliphatic heterocycles. The van der Waals surface area contributed by atoms with Gasteiger partial charge < -0.3 is 9.30 Å². The fraction of sp³-hybridized carbons (Fsp3) is 0.0909. The van der Waals surface area contributed by atoms with Crippen molar-refractivity contribution in [2.24, 2.45) is 5.10 Å². The lowest BCUT2D eigenvalue weighted by Gasteiger charge is -2.15. The summed E-state index contributed by atoms with van der Waals surface area (Å²) in [7, 11) is 0. The van der Waals surface area contributed by atoms with Crippen molar-refractivity contribution in [2.75, 3.05) is 12.4 Å². The van der Waals surface area contributed by atoms with E-state index >= 15 is 0 Å². The van der Waals surface area contributed by atoms with E-state index in [0.717, 1.165) is 44.4 Å². The van der Waals surface area contributed by atoms with Crippen LogP contribution in [0.1, 0.15) is 12.5 Å². The van der Waals surface area contributed by atoms with E-state index < -0.39 is 4.92 Å². The molecule has 4 aromatic carbocycles. The first-order chi connectivity index (χ1) is 20.5. The number of hydrazone groups is 1. The van der Waals surface area contributed by atoms with Crippen molar-refractivity contribution in [3.05, 3.63) is 131 Å². The number of nitrogens with one attached hydrogen (secondary N) is 1. The summed E-state index contributed by atoms with van der Waals surface area (Å²) >= 11 is 1.28. The Labute approximate surface area is 247 Å². The molecular weight excluding hydrogens is 548 g/mol. The molecule has 0 saturated heterocycles. The molecule has 1 N–H and O–H groups in total. The Hall–Kier alpha value is -5.15. The highest BCUT2D eigenvalue weighted by Crippen LogP contribution is 2.36. The quantitative estimate of drug-likeness (QED) is 0.0767. The highest BCUT2D eigenvalue weighted by Gasteiger charge is 2.19. The normalized spacial score (nSPS) is 11.0. The second-order valence-corrected chi connectivity index (χ2v) is 10.2. The molecule has 0 aliphatic carbocycles. The number of hydrogen-bond donors (Lipinski definition) is 1. The van der Waals surface area contributed by atoms with E-state index in [0.29, 0.717) is 6.61 Å². The maximum absolute atomic E-state index is 12.6. The average Bonchev–Trinajstić information content (AvgIpc) is 3.41. The van der Waals surface area contributed by atoms with E-state index in [9.17, 15) is 14.9 Å². The number of rotatable bonds is 11. The van der Waals surface area contributed by atoms with Gasteiger partial charge >= 0.3 is 0 Å². The van der Waals surface area contributed by atoms with E-state index in [-0.39, 0.29) is 17.3 Å². The first-order valence-corrected chi connectivity index (χ1v) is 14.3. The van der Waals surface area contributed by atoms with Gasteiger partial charge in [-0.2, -0.15) is 5.10 Å². The number of nitrogens with zero attached hydrogens (tertiary/aromatic N) is 3. The highest BCUT2D eigenvalue weighted by molar-refractivity contribution is 8.00. The third kappa shape index (κ3) is 6.76. The number of benzene rings is 4. The molecular formula is C33H28N4O4S. The van der Waals surface area contributed by atoms with E-state index in [1.54, 1.807) is 18.3 Å². The Kier molecular flexibility index (Phi) is 9.10. The lowest BCUT2D eigenvalue weighted by Crippen LogP contribution is -2.19. The molecule has 0 aliphatic rings. The minimum absolute atomic E-state index is 0.00895. The number of thioether (sulfide) groups is 1. The third-order valence-electron chi connectivity index (χ3n) is 6.36. The van der Waals surface area contributed by atoms with Gasteiger partial charge in [0.1, 0.15) is 5.75 Å². The minimum atomic E-state index is -0.452. The molecule has 8 nitrogen and oxygen atoms in total. The van der Waals surface area contributed by atoms with Gasteiger partial charge in [-0.3, -0.25) is 14.9 Å². The monoisotopic (exact) mass is 576 g/mol. The average molecular weight is 577 g/mol. The van der Waals surface area contributed by atoms with Crippen LogP contribution in [0.4, 0.5) is 5.69 Å². The van der Waals surface area contributed by atoms with Crippen LogP contribution in [0, 0.1) is 10.1 Å². The first kappa shape index (κ1) is 28.4. The maximum atomic E-state index is 12.6.